The fourth-order valence-corrected chi connectivity index (χ4v) is 3.79. The molecule has 2 atom stereocenters. The maximum atomic E-state index is 9.47. The highest BCUT2D eigenvalue weighted by Crippen LogP contribution is 2.37. The molecule has 3 rings (SSSR count). The van der Waals surface area contributed by atoms with E-state index in [9.17, 15) is 10.2 Å². The average Bonchev–Trinajstić information content (AvgIpc) is 2.65. The molecule has 1 aromatic carbocycles. The smallest absolute Gasteiger partial charge is 0.157 e. The average molecular weight is 276 g/mol. The molecule has 2 fully saturated rings. The number of benzene rings is 1. The fourth-order valence-electron chi connectivity index (χ4n) is 3.79. The zero-order valence-corrected chi connectivity index (χ0v) is 12.0. The van der Waals surface area contributed by atoms with Crippen molar-refractivity contribution in [3.63, 3.8) is 0 Å². The van der Waals surface area contributed by atoms with Crippen LogP contribution < -0.4 is 5.32 Å². The van der Waals surface area contributed by atoms with E-state index in [0.29, 0.717) is 0 Å². The number of phenols is 2. The maximum Gasteiger partial charge on any atom is 0.157 e. The van der Waals surface area contributed by atoms with E-state index in [1.165, 1.54) is 25.7 Å². The SMILES string of the molecule is CN1C2CCC1CC(CNCc1ccc(O)c(O)c1)C2. The molecule has 2 saturated heterocycles. The molecule has 3 N–H and O–H groups in total. The lowest BCUT2D eigenvalue weighted by atomic mass is 9.91. The molecule has 0 aliphatic carbocycles. The number of hydrogen-bond acceptors (Lipinski definition) is 4. The van der Waals surface area contributed by atoms with Crippen LogP contribution in [-0.2, 0) is 6.54 Å². The predicted molar refractivity (Wildman–Crippen MR) is 78.8 cm³/mol. The number of rotatable bonds is 4. The first-order valence-corrected chi connectivity index (χ1v) is 7.57. The Kier molecular flexibility index (Phi) is 3.85. The van der Waals surface area contributed by atoms with Crippen molar-refractivity contribution < 1.29 is 10.2 Å². The van der Waals surface area contributed by atoms with Gasteiger partial charge in [0.05, 0.1) is 0 Å². The van der Waals surface area contributed by atoms with Crippen molar-refractivity contribution in [3.05, 3.63) is 23.8 Å². The van der Waals surface area contributed by atoms with Gasteiger partial charge in [-0.2, -0.15) is 0 Å². The molecule has 2 aliphatic rings. The topological polar surface area (TPSA) is 55.7 Å². The summed E-state index contributed by atoms with van der Waals surface area (Å²) in [7, 11) is 2.27. The van der Waals surface area contributed by atoms with Gasteiger partial charge in [0, 0.05) is 18.6 Å². The molecule has 4 heteroatoms. The summed E-state index contributed by atoms with van der Waals surface area (Å²) in [5, 5.41) is 22.3. The van der Waals surface area contributed by atoms with Crippen LogP contribution in [0.15, 0.2) is 18.2 Å². The van der Waals surface area contributed by atoms with Gasteiger partial charge in [-0.25, -0.2) is 0 Å². The zero-order chi connectivity index (χ0) is 14.1. The van der Waals surface area contributed by atoms with Crippen LogP contribution in [-0.4, -0.2) is 40.8 Å². The Labute approximate surface area is 120 Å². The van der Waals surface area contributed by atoms with Crippen LogP contribution in [0.4, 0.5) is 0 Å². The lowest BCUT2D eigenvalue weighted by Gasteiger charge is -2.36. The number of fused-ring (bicyclic) bond motifs is 2. The molecule has 2 bridgehead atoms. The monoisotopic (exact) mass is 276 g/mol. The minimum atomic E-state index is -0.0550. The summed E-state index contributed by atoms with van der Waals surface area (Å²) >= 11 is 0. The van der Waals surface area contributed by atoms with Crippen LogP contribution in [0.2, 0.25) is 0 Å². The summed E-state index contributed by atoms with van der Waals surface area (Å²) in [5.74, 6) is 0.677. The third-order valence-electron chi connectivity index (χ3n) is 5.00. The van der Waals surface area contributed by atoms with Crippen molar-refractivity contribution in [2.24, 2.45) is 5.92 Å². The molecule has 0 amide bonds. The van der Waals surface area contributed by atoms with E-state index >= 15 is 0 Å². The second-order valence-electron chi connectivity index (χ2n) is 6.34. The Morgan fingerprint density at radius 1 is 1.15 bits per heavy atom. The van der Waals surface area contributed by atoms with Crippen molar-refractivity contribution >= 4 is 0 Å². The number of nitrogens with zero attached hydrogens (tertiary/aromatic N) is 1. The van der Waals surface area contributed by atoms with Gasteiger partial charge in [0.2, 0.25) is 0 Å². The molecule has 2 heterocycles. The van der Waals surface area contributed by atoms with Gasteiger partial charge in [-0.05, 0) is 62.9 Å². The molecule has 0 radical (unpaired) electrons. The summed E-state index contributed by atoms with van der Waals surface area (Å²) < 4.78 is 0. The minimum absolute atomic E-state index is 0.0402. The van der Waals surface area contributed by atoms with Crippen molar-refractivity contribution in [1.82, 2.24) is 10.2 Å². The molecular weight excluding hydrogens is 252 g/mol. The highest BCUT2D eigenvalue weighted by atomic mass is 16.3. The molecule has 4 nitrogen and oxygen atoms in total. The molecule has 0 aromatic heterocycles. The summed E-state index contributed by atoms with van der Waals surface area (Å²) in [5.41, 5.74) is 1.01. The van der Waals surface area contributed by atoms with Crippen LogP contribution in [0, 0.1) is 5.92 Å². The van der Waals surface area contributed by atoms with Gasteiger partial charge in [0.25, 0.3) is 0 Å². The first-order chi connectivity index (χ1) is 9.63. The molecular formula is C16H24N2O2. The third kappa shape index (κ3) is 2.76. The lowest BCUT2D eigenvalue weighted by molar-refractivity contribution is 0.133. The Hall–Kier alpha value is -1.26. The molecule has 1 aromatic rings. The van der Waals surface area contributed by atoms with E-state index in [-0.39, 0.29) is 11.5 Å². The number of nitrogens with one attached hydrogen (secondary N) is 1. The van der Waals surface area contributed by atoms with Crippen molar-refractivity contribution in [2.75, 3.05) is 13.6 Å². The minimum Gasteiger partial charge on any atom is -0.504 e. The summed E-state index contributed by atoms with van der Waals surface area (Å²) in [6, 6.07) is 6.60. The van der Waals surface area contributed by atoms with Gasteiger partial charge < -0.3 is 20.4 Å². The van der Waals surface area contributed by atoms with Gasteiger partial charge in [0.15, 0.2) is 11.5 Å². The first kappa shape index (κ1) is 13.7. The standard InChI is InChI=1S/C16H24N2O2/c1-18-13-3-4-14(18)7-12(6-13)10-17-9-11-2-5-15(19)16(20)8-11/h2,5,8,12-14,17,19-20H,3-4,6-7,9-10H2,1H3. The van der Waals surface area contributed by atoms with Gasteiger partial charge in [-0.15, -0.1) is 0 Å². The van der Waals surface area contributed by atoms with E-state index in [1.54, 1.807) is 12.1 Å². The van der Waals surface area contributed by atoms with Crippen LogP contribution >= 0.6 is 0 Å². The summed E-state index contributed by atoms with van der Waals surface area (Å²) in [6.07, 6.45) is 5.34. The Morgan fingerprint density at radius 2 is 1.85 bits per heavy atom. The highest BCUT2D eigenvalue weighted by Gasteiger charge is 2.37. The van der Waals surface area contributed by atoms with E-state index < -0.39 is 0 Å². The first-order valence-electron chi connectivity index (χ1n) is 7.57. The Morgan fingerprint density at radius 3 is 2.50 bits per heavy atom. The lowest BCUT2D eigenvalue weighted by Crippen LogP contribution is -2.42. The normalized spacial score (nSPS) is 29.8. The molecule has 0 spiro atoms. The van der Waals surface area contributed by atoms with Gasteiger partial charge in [-0.1, -0.05) is 6.07 Å². The van der Waals surface area contributed by atoms with Crippen LogP contribution in [0.3, 0.4) is 0 Å². The van der Waals surface area contributed by atoms with Gasteiger partial charge in [0.1, 0.15) is 0 Å². The van der Waals surface area contributed by atoms with Crippen molar-refractivity contribution in [1.29, 1.82) is 0 Å². The van der Waals surface area contributed by atoms with Crippen LogP contribution in [0.5, 0.6) is 11.5 Å². The number of phenolic OH excluding ortho intramolecular Hbond substituents is 2. The van der Waals surface area contributed by atoms with E-state index in [2.05, 4.69) is 17.3 Å². The quantitative estimate of drug-likeness (QED) is 0.737. The van der Waals surface area contributed by atoms with Crippen molar-refractivity contribution in [3.8, 4) is 11.5 Å². The summed E-state index contributed by atoms with van der Waals surface area (Å²) in [6.45, 7) is 1.79. The zero-order valence-electron chi connectivity index (χ0n) is 12.0. The largest absolute Gasteiger partial charge is 0.504 e. The predicted octanol–water partition coefficient (Wildman–Crippen LogP) is 2.06. The number of hydrogen-bond donors (Lipinski definition) is 3. The second-order valence-corrected chi connectivity index (χ2v) is 6.34. The number of aromatic hydroxyl groups is 2. The number of piperidine rings is 1. The van der Waals surface area contributed by atoms with Crippen LogP contribution in [0.1, 0.15) is 31.2 Å². The fraction of sp³-hybridized carbons (Fsp3) is 0.625. The molecule has 110 valence electrons. The maximum absolute atomic E-state index is 9.47. The van der Waals surface area contributed by atoms with Crippen LogP contribution in [0.25, 0.3) is 0 Å². The van der Waals surface area contributed by atoms with Crippen molar-refractivity contribution in [2.45, 2.75) is 44.3 Å². The molecule has 2 unspecified atom stereocenters. The third-order valence-corrected chi connectivity index (χ3v) is 5.00. The van der Waals surface area contributed by atoms with E-state index in [4.69, 9.17) is 0 Å². The van der Waals surface area contributed by atoms with E-state index in [0.717, 1.165) is 36.7 Å². The Balaban J connectivity index is 1.47. The van der Waals surface area contributed by atoms with Gasteiger partial charge in [-0.3, -0.25) is 0 Å². The molecule has 20 heavy (non-hydrogen) atoms. The molecule has 0 saturated carbocycles. The molecule has 2 aliphatic heterocycles. The Bertz CT molecular complexity index is 464. The highest BCUT2D eigenvalue weighted by molar-refractivity contribution is 5.40. The van der Waals surface area contributed by atoms with Gasteiger partial charge >= 0.3 is 0 Å². The second kappa shape index (κ2) is 5.62. The van der Waals surface area contributed by atoms with E-state index in [1.807, 2.05) is 6.07 Å². The summed E-state index contributed by atoms with van der Waals surface area (Å²) in [4.78, 5) is 2.56.